The zero-order valence-corrected chi connectivity index (χ0v) is 14.6. The lowest BCUT2D eigenvalue weighted by Crippen LogP contribution is -2.28. The van der Waals surface area contributed by atoms with Gasteiger partial charge < -0.3 is 10.2 Å². The third kappa shape index (κ3) is 4.47. The number of nitrogens with zero attached hydrogens (tertiary/aromatic N) is 1. The molecular weight excluding hydrogens is 312 g/mol. The number of hydrogen-bond acceptors (Lipinski definition) is 2. The molecule has 1 aliphatic rings. The first kappa shape index (κ1) is 17.2. The Morgan fingerprint density at radius 3 is 2.68 bits per heavy atom. The van der Waals surface area contributed by atoms with Crippen molar-refractivity contribution in [1.82, 2.24) is 10.2 Å². The second-order valence-corrected chi connectivity index (χ2v) is 6.64. The fraction of sp³-hybridized carbons (Fsp3) is 0.333. The van der Waals surface area contributed by atoms with Gasteiger partial charge in [0.1, 0.15) is 0 Å². The van der Waals surface area contributed by atoms with E-state index < -0.39 is 0 Å². The quantitative estimate of drug-likeness (QED) is 0.879. The van der Waals surface area contributed by atoms with Crippen molar-refractivity contribution in [1.29, 1.82) is 0 Å². The van der Waals surface area contributed by atoms with Gasteiger partial charge in [-0.15, -0.1) is 0 Å². The van der Waals surface area contributed by atoms with Crippen LogP contribution in [0.5, 0.6) is 0 Å². The van der Waals surface area contributed by atoms with E-state index in [4.69, 9.17) is 0 Å². The summed E-state index contributed by atoms with van der Waals surface area (Å²) in [5, 5.41) is 3.01. The molecule has 1 aliphatic heterocycles. The maximum absolute atomic E-state index is 12.4. The number of carbonyl (C=O) groups is 2. The molecule has 4 heteroatoms. The number of likely N-dealkylation sites (tertiary alicyclic amines) is 1. The molecule has 0 aliphatic carbocycles. The smallest absolute Gasteiger partial charge is 0.251 e. The Kier molecular flexibility index (Phi) is 5.49. The monoisotopic (exact) mass is 336 g/mol. The summed E-state index contributed by atoms with van der Waals surface area (Å²) < 4.78 is 0. The lowest BCUT2D eigenvalue weighted by atomic mass is 10.0. The zero-order chi connectivity index (χ0) is 17.6. The molecule has 0 spiro atoms. The second-order valence-electron chi connectivity index (χ2n) is 6.64. The van der Waals surface area contributed by atoms with Gasteiger partial charge in [-0.1, -0.05) is 49.4 Å². The van der Waals surface area contributed by atoms with Gasteiger partial charge in [-0.05, 0) is 35.6 Å². The minimum absolute atomic E-state index is 0.0719. The lowest BCUT2D eigenvalue weighted by Gasteiger charge is -2.16. The van der Waals surface area contributed by atoms with Crippen LogP contribution in [0.4, 0.5) is 0 Å². The van der Waals surface area contributed by atoms with Gasteiger partial charge in [0.25, 0.3) is 5.91 Å². The maximum Gasteiger partial charge on any atom is 0.251 e. The van der Waals surface area contributed by atoms with Crippen LogP contribution in [-0.4, -0.2) is 29.8 Å². The highest BCUT2D eigenvalue weighted by atomic mass is 16.2. The molecule has 0 aromatic heterocycles. The Hall–Kier alpha value is -2.62. The molecule has 25 heavy (non-hydrogen) atoms. The van der Waals surface area contributed by atoms with Crippen LogP contribution in [0, 0.1) is 0 Å². The van der Waals surface area contributed by atoms with Gasteiger partial charge in [-0.25, -0.2) is 0 Å². The molecule has 0 bridgehead atoms. The minimum Gasteiger partial charge on any atom is -0.351 e. The average Bonchev–Trinajstić information content (AvgIpc) is 3.05. The van der Waals surface area contributed by atoms with E-state index in [-0.39, 0.29) is 17.7 Å². The highest BCUT2D eigenvalue weighted by Gasteiger charge is 2.20. The number of rotatable bonds is 6. The predicted octanol–water partition coefficient (Wildman–Crippen LogP) is 3.34. The van der Waals surface area contributed by atoms with Crippen molar-refractivity contribution in [2.45, 2.75) is 32.2 Å². The molecule has 1 atom stereocenters. The van der Waals surface area contributed by atoms with E-state index in [0.717, 1.165) is 18.5 Å². The van der Waals surface area contributed by atoms with Crippen molar-refractivity contribution in [3.05, 3.63) is 71.3 Å². The van der Waals surface area contributed by atoms with Gasteiger partial charge in [-0.3, -0.25) is 9.59 Å². The molecule has 4 nitrogen and oxygen atoms in total. The fourth-order valence-corrected chi connectivity index (χ4v) is 3.15. The van der Waals surface area contributed by atoms with Crippen LogP contribution in [0.3, 0.4) is 0 Å². The van der Waals surface area contributed by atoms with E-state index >= 15 is 0 Å². The van der Waals surface area contributed by atoms with E-state index in [2.05, 4.69) is 24.4 Å². The molecule has 2 aromatic rings. The van der Waals surface area contributed by atoms with Crippen molar-refractivity contribution in [2.75, 3.05) is 13.1 Å². The van der Waals surface area contributed by atoms with E-state index in [1.54, 1.807) is 0 Å². The Labute approximate surface area is 148 Å². The molecule has 1 fully saturated rings. The maximum atomic E-state index is 12.4. The van der Waals surface area contributed by atoms with Gasteiger partial charge in [0.15, 0.2) is 0 Å². The summed E-state index contributed by atoms with van der Waals surface area (Å²) in [6.45, 7) is 4.09. The zero-order valence-electron chi connectivity index (χ0n) is 14.6. The molecule has 0 radical (unpaired) electrons. The van der Waals surface area contributed by atoms with Gasteiger partial charge in [-0.2, -0.15) is 0 Å². The molecule has 1 N–H and O–H groups in total. The molecule has 130 valence electrons. The van der Waals surface area contributed by atoms with Gasteiger partial charge in [0, 0.05) is 31.6 Å². The Morgan fingerprint density at radius 2 is 1.96 bits per heavy atom. The van der Waals surface area contributed by atoms with Crippen LogP contribution in [-0.2, 0) is 11.3 Å². The van der Waals surface area contributed by atoms with Crippen molar-refractivity contribution in [3.8, 4) is 0 Å². The highest BCUT2D eigenvalue weighted by Crippen LogP contribution is 2.16. The SMILES string of the molecule is CC(CNC(=O)c1cccc(CN2CCCC2=O)c1)c1ccccc1. The second kappa shape index (κ2) is 7.97. The Morgan fingerprint density at radius 1 is 1.16 bits per heavy atom. The van der Waals surface area contributed by atoms with E-state index in [9.17, 15) is 9.59 Å². The number of carbonyl (C=O) groups excluding carboxylic acids is 2. The molecule has 3 rings (SSSR count). The highest BCUT2D eigenvalue weighted by molar-refractivity contribution is 5.94. The summed E-state index contributed by atoms with van der Waals surface area (Å²) in [4.78, 5) is 26.1. The van der Waals surface area contributed by atoms with Crippen molar-refractivity contribution < 1.29 is 9.59 Å². The fourth-order valence-electron chi connectivity index (χ4n) is 3.15. The lowest BCUT2D eigenvalue weighted by molar-refractivity contribution is -0.128. The molecular formula is C21H24N2O2. The molecule has 2 amide bonds. The molecule has 0 saturated carbocycles. The standard InChI is InChI=1S/C21H24N2O2/c1-16(18-8-3-2-4-9-18)14-22-21(25)19-10-5-7-17(13-19)15-23-12-6-11-20(23)24/h2-5,7-10,13,16H,6,11-12,14-15H2,1H3,(H,22,25). The molecule has 1 unspecified atom stereocenters. The largest absolute Gasteiger partial charge is 0.351 e. The summed E-state index contributed by atoms with van der Waals surface area (Å²) in [6.07, 6.45) is 1.56. The number of nitrogens with one attached hydrogen (secondary N) is 1. The topological polar surface area (TPSA) is 49.4 Å². The first-order chi connectivity index (χ1) is 12.1. The van der Waals surface area contributed by atoms with Crippen LogP contribution in [0.25, 0.3) is 0 Å². The van der Waals surface area contributed by atoms with Crippen molar-refractivity contribution in [3.63, 3.8) is 0 Å². The van der Waals surface area contributed by atoms with E-state index in [1.165, 1.54) is 5.56 Å². The summed E-state index contributed by atoms with van der Waals surface area (Å²) in [7, 11) is 0. The van der Waals surface area contributed by atoms with Crippen LogP contribution in [0.1, 0.15) is 47.2 Å². The summed E-state index contributed by atoms with van der Waals surface area (Å²) in [6, 6.07) is 17.7. The third-order valence-electron chi connectivity index (χ3n) is 4.67. The minimum atomic E-state index is -0.0719. The number of amides is 2. The summed E-state index contributed by atoms with van der Waals surface area (Å²) in [5.41, 5.74) is 2.85. The van der Waals surface area contributed by atoms with Crippen LogP contribution >= 0.6 is 0 Å². The van der Waals surface area contributed by atoms with E-state index in [1.807, 2.05) is 47.4 Å². The predicted molar refractivity (Wildman–Crippen MR) is 98.3 cm³/mol. The summed E-state index contributed by atoms with van der Waals surface area (Å²) in [5.74, 6) is 0.388. The summed E-state index contributed by atoms with van der Waals surface area (Å²) >= 11 is 0. The van der Waals surface area contributed by atoms with E-state index in [0.29, 0.717) is 25.1 Å². The number of hydrogen-bond donors (Lipinski definition) is 1. The first-order valence-electron chi connectivity index (χ1n) is 8.83. The Balaban J connectivity index is 1.58. The van der Waals surface area contributed by atoms with Crippen LogP contribution in [0.15, 0.2) is 54.6 Å². The molecule has 1 saturated heterocycles. The molecule has 1 heterocycles. The van der Waals surface area contributed by atoms with Crippen LogP contribution < -0.4 is 5.32 Å². The van der Waals surface area contributed by atoms with Gasteiger partial charge >= 0.3 is 0 Å². The van der Waals surface area contributed by atoms with Crippen LogP contribution in [0.2, 0.25) is 0 Å². The first-order valence-corrected chi connectivity index (χ1v) is 8.83. The van der Waals surface area contributed by atoms with Gasteiger partial charge in [0.05, 0.1) is 0 Å². The normalized spacial score (nSPS) is 15.2. The van der Waals surface area contributed by atoms with Gasteiger partial charge in [0.2, 0.25) is 5.91 Å². The molecule has 2 aromatic carbocycles. The Bertz CT molecular complexity index is 743. The van der Waals surface area contributed by atoms with Crippen molar-refractivity contribution in [2.24, 2.45) is 0 Å². The average molecular weight is 336 g/mol. The number of benzene rings is 2. The third-order valence-corrected chi connectivity index (χ3v) is 4.67. The van der Waals surface area contributed by atoms with Crippen molar-refractivity contribution >= 4 is 11.8 Å².